The number of likely N-dealkylation sites (N-methyl/N-ethyl adjacent to an activating group) is 1. The van der Waals surface area contributed by atoms with E-state index >= 15 is 0 Å². The molecule has 15 heteroatoms. The van der Waals surface area contributed by atoms with Crippen molar-refractivity contribution >= 4 is 29.3 Å². The molecule has 4 bridgehead atoms. The van der Waals surface area contributed by atoms with Crippen molar-refractivity contribution < 1.29 is 23.6 Å². The summed E-state index contributed by atoms with van der Waals surface area (Å²) in [5, 5.41) is 18.2. The van der Waals surface area contributed by atoms with Gasteiger partial charge < -0.3 is 31.1 Å². The third-order valence-corrected chi connectivity index (χ3v) is 10.8. The summed E-state index contributed by atoms with van der Waals surface area (Å²) in [5.74, 6) is -0.623. The number of anilines is 1. The summed E-state index contributed by atoms with van der Waals surface area (Å²) >= 11 is 0. The van der Waals surface area contributed by atoms with Gasteiger partial charge in [-0.3, -0.25) is 29.0 Å². The lowest BCUT2D eigenvalue weighted by Crippen LogP contribution is -2.56. The van der Waals surface area contributed by atoms with Gasteiger partial charge in [0.25, 0.3) is 0 Å². The molecule has 0 saturated carbocycles. The predicted octanol–water partition coefficient (Wildman–Crippen LogP) is -0.800. The largest absolute Gasteiger partial charge is 0.340 e. The number of nitrogens with two attached hydrogens (primary N) is 2. The summed E-state index contributed by atoms with van der Waals surface area (Å²) in [6.07, 6.45) is 4.61. The number of piperazine rings is 2. The maximum Gasteiger partial charge on any atom is 0.244 e. The van der Waals surface area contributed by atoms with Crippen LogP contribution in [-0.2, 0) is 19.2 Å². The number of carbonyl (C=O) groups is 4. The van der Waals surface area contributed by atoms with Crippen LogP contribution in [0.1, 0.15) is 38.5 Å². The monoisotopic (exact) mass is 662 g/mol. The zero-order valence-corrected chi connectivity index (χ0v) is 27.2. The van der Waals surface area contributed by atoms with E-state index in [1.807, 2.05) is 16.8 Å². The number of fused-ring (bicyclic) bond motifs is 4. The molecule has 8 atom stereocenters. The fourth-order valence-corrected chi connectivity index (χ4v) is 8.26. The van der Waals surface area contributed by atoms with Gasteiger partial charge in [-0.05, 0) is 62.8 Å². The van der Waals surface area contributed by atoms with Crippen LogP contribution in [-0.4, -0.2) is 143 Å². The van der Waals surface area contributed by atoms with Crippen LogP contribution in [0, 0.1) is 28.5 Å². The molecular weight excluding hydrogens is 619 g/mol. The summed E-state index contributed by atoms with van der Waals surface area (Å²) in [7, 11) is 1.83. The molecule has 48 heavy (non-hydrogen) atoms. The number of hydrogen-bond acceptors (Lipinski definition) is 10. The number of halogens is 1. The van der Waals surface area contributed by atoms with Gasteiger partial charge in [-0.2, -0.15) is 10.5 Å². The number of amides is 4. The maximum absolute atomic E-state index is 13.1. The molecule has 14 nitrogen and oxygen atoms in total. The Morgan fingerprint density at radius 1 is 0.833 bits per heavy atom. The highest BCUT2D eigenvalue weighted by molar-refractivity contribution is 6.01. The van der Waals surface area contributed by atoms with Crippen LogP contribution in [0.5, 0.6) is 0 Å². The van der Waals surface area contributed by atoms with Gasteiger partial charge >= 0.3 is 0 Å². The summed E-state index contributed by atoms with van der Waals surface area (Å²) in [6.45, 7) is 3.30. The van der Waals surface area contributed by atoms with Gasteiger partial charge in [-0.1, -0.05) is 0 Å². The van der Waals surface area contributed by atoms with E-state index in [9.17, 15) is 23.6 Å². The zero-order valence-electron chi connectivity index (χ0n) is 27.2. The standard InChI is InChI=1S/C19H22FN5O2.C14H21N5O2/c20-12-3-5-13(6-4-12)25-15-8-17(19(25)27)23(10-15)11-16(22)18(26)24-7-1-2-14(24)9-21;1-17-10-5-12(14(17)21)18(7-10)8-11(16)13(20)19-4-2-3-9(19)6-15/h3-6,14-17H,1-2,7-8,10-11,22H2;9-12H,2-5,7-8,16H2,1H3/t14-,15?,16-,17-;9-,10?,11-,12-/m00/s1. The minimum absolute atomic E-state index is 0.00825. The first kappa shape index (κ1) is 33.7. The number of hydrogen-bond donors (Lipinski definition) is 2. The fraction of sp³-hybridized carbons (Fsp3) is 0.636. The van der Waals surface area contributed by atoms with Crippen LogP contribution in [0.3, 0.4) is 0 Å². The van der Waals surface area contributed by atoms with Gasteiger partial charge in [0.1, 0.15) is 17.9 Å². The second-order valence-electron chi connectivity index (χ2n) is 13.7. The SMILES string of the molecule is CN1C(=O)[C@@H]2CC1CN2C[C@H](N)C(=O)N1CCC[C@H]1C#N.N#C[C@@H]1CCCN1C(=O)[C@@H](N)CN1CC2C[C@H]1C(=O)N2c1ccc(F)cc1. The van der Waals surface area contributed by atoms with E-state index in [0.29, 0.717) is 51.3 Å². The quantitative estimate of drug-likeness (QED) is 0.374. The Bertz CT molecular complexity index is 1510. The normalized spacial score (nSPS) is 30.8. The van der Waals surface area contributed by atoms with Crippen LogP contribution in [0.25, 0.3) is 0 Å². The lowest BCUT2D eigenvalue weighted by atomic mass is 10.2. The molecule has 6 heterocycles. The van der Waals surface area contributed by atoms with Crippen molar-refractivity contribution in [2.24, 2.45) is 11.5 Å². The topological polar surface area (TPSA) is 187 Å². The van der Waals surface area contributed by atoms with E-state index in [1.165, 1.54) is 12.1 Å². The smallest absolute Gasteiger partial charge is 0.244 e. The average molecular weight is 663 g/mol. The molecule has 256 valence electrons. The molecule has 4 amide bonds. The van der Waals surface area contributed by atoms with E-state index in [4.69, 9.17) is 22.0 Å². The van der Waals surface area contributed by atoms with Gasteiger partial charge in [0.15, 0.2) is 0 Å². The van der Waals surface area contributed by atoms with E-state index < -0.39 is 18.1 Å². The van der Waals surface area contributed by atoms with Crippen LogP contribution in [0.15, 0.2) is 24.3 Å². The van der Waals surface area contributed by atoms with Crippen LogP contribution in [0.2, 0.25) is 0 Å². The molecule has 0 spiro atoms. The number of rotatable bonds is 7. The molecular formula is C33H43FN10O4. The molecule has 4 N–H and O–H groups in total. The number of nitrogens with zero attached hydrogens (tertiary/aromatic N) is 8. The Kier molecular flexibility index (Phi) is 9.67. The Labute approximate surface area is 279 Å². The van der Waals surface area contributed by atoms with E-state index in [2.05, 4.69) is 12.1 Å². The number of likely N-dealkylation sites (tertiary alicyclic amines) is 5. The number of benzene rings is 1. The van der Waals surface area contributed by atoms with Crippen molar-refractivity contribution in [2.45, 2.75) is 86.9 Å². The molecule has 2 unspecified atom stereocenters. The van der Waals surface area contributed by atoms with Gasteiger partial charge in [-0.15, -0.1) is 0 Å². The summed E-state index contributed by atoms with van der Waals surface area (Å²) < 4.78 is 13.1. The van der Waals surface area contributed by atoms with Crippen molar-refractivity contribution in [2.75, 3.05) is 51.2 Å². The molecule has 6 aliphatic rings. The van der Waals surface area contributed by atoms with Crippen LogP contribution < -0.4 is 16.4 Å². The van der Waals surface area contributed by atoms with Crippen LogP contribution in [0.4, 0.5) is 10.1 Å². The second kappa shape index (κ2) is 13.8. The molecule has 1 aromatic carbocycles. The Morgan fingerprint density at radius 2 is 1.31 bits per heavy atom. The summed E-state index contributed by atoms with van der Waals surface area (Å²) in [4.78, 5) is 60.4. The van der Waals surface area contributed by atoms with Gasteiger partial charge in [0.2, 0.25) is 23.6 Å². The average Bonchev–Trinajstić information content (AvgIpc) is 3.93. The predicted molar refractivity (Wildman–Crippen MR) is 171 cm³/mol. The van der Waals surface area contributed by atoms with Crippen LogP contribution >= 0.6 is 0 Å². The first-order chi connectivity index (χ1) is 23.0. The fourth-order valence-electron chi connectivity index (χ4n) is 8.26. The molecule has 0 aromatic heterocycles. The second-order valence-corrected chi connectivity index (χ2v) is 13.7. The lowest BCUT2D eigenvalue weighted by Gasteiger charge is -2.35. The highest BCUT2D eigenvalue weighted by Crippen LogP contribution is 2.36. The molecule has 6 saturated heterocycles. The van der Waals surface area contributed by atoms with Crippen molar-refractivity contribution in [1.29, 1.82) is 10.5 Å². The minimum Gasteiger partial charge on any atom is -0.340 e. The Morgan fingerprint density at radius 3 is 1.77 bits per heavy atom. The molecule has 6 aliphatic heterocycles. The number of nitriles is 2. The van der Waals surface area contributed by atoms with E-state index in [0.717, 1.165) is 32.2 Å². The van der Waals surface area contributed by atoms with E-state index in [1.54, 1.807) is 31.7 Å². The first-order valence-electron chi connectivity index (χ1n) is 16.8. The van der Waals surface area contributed by atoms with Crippen molar-refractivity contribution in [3.8, 4) is 12.1 Å². The summed E-state index contributed by atoms with van der Waals surface area (Å²) in [6, 6.07) is 7.94. The third-order valence-electron chi connectivity index (χ3n) is 10.8. The molecule has 7 rings (SSSR count). The molecule has 6 fully saturated rings. The minimum atomic E-state index is -0.745. The van der Waals surface area contributed by atoms with E-state index in [-0.39, 0.29) is 59.7 Å². The van der Waals surface area contributed by atoms with Crippen molar-refractivity contribution in [3.05, 3.63) is 30.1 Å². The van der Waals surface area contributed by atoms with Gasteiger partial charge in [0.05, 0.1) is 42.3 Å². The maximum atomic E-state index is 13.1. The zero-order chi connectivity index (χ0) is 34.3. The third kappa shape index (κ3) is 6.23. The summed E-state index contributed by atoms with van der Waals surface area (Å²) in [5.41, 5.74) is 12.9. The first-order valence-corrected chi connectivity index (χ1v) is 16.8. The van der Waals surface area contributed by atoms with Gasteiger partial charge in [-0.25, -0.2) is 4.39 Å². The highest BCUT2D eigenvalue weighted by atomic mass is 19.1. The van der Waals surface area contributed by atoms with Crippen molar-refractivity contribution in [1.82, 2.24) is 24.5 Å². The Hall–Kier alpha value is -4.15. The van der Waals surface area contributed by atoms with Crippen molar-refractivity contribution in [3.63, 3.8) is 0 Å². The molecule has 0 radical (unpaired) electrons. The number of carbonyl (C=O) groups excluding carboxylic acids is 4. The highest BCUT2D eigenvalue weighted by Gasteiger charge is 2.51. The van der Waals surface area contributed by atoms with Gasteiger partial charge in [0, 0.05) is 58.0 Å². The molecule has 1 aromatic rings. The molecule has 0 aliphatic carbocycles. The lowest BCUT2D eigenvalue weighted by molar-refractivity contribution is -0.138. The Balaban J connectivity index is 0.000000173.